The Morgan fingerprint density at radius 1 is 1.35 bits per heavy atom. The highest BCUT2D eigenvalue weighted by Gasteiger charge is 2.11. The zero-order chi connectivity index (χ0) is 12.8. The van der Waals surface area contributed by atoms with E-state index in [9.17, 15) is 9.59 Å². The van der Waals surface area contributed by atoms with Crippen LogP contribution in [0.1, 0.15) is 17.3 Å². The van der Waals surface area contributed by atoms with Crippen molar-refractivity contribution in [2.45, 2.75) is 12.5 Å². The maximum Gasteiger partial charge on any atom is 0.515 e. The van der Waals surface area contributed by atoms with Crippen molar-refractivity contribution in [2.75, 3.05) is 7.11 Å². The summed E-state index contributed by atoms with van der Waals surface area (Å²) in [4.78, 5) is 22.3. The van der Waals surface area contributed by atoms with Gasteiger partial charge < -0.3 is 14.2 Å². The van der Waals surface area contributed by atoms with Crippen LogP contribution in [-0.2, 0) is 9.47 Å². The number of rotatable bonds is 3. The largest absolute Gasteiger partial charge is 0.515 e. The first-order valence-electron chi connectivity index (χ1n) is 4.74. The number of hydrogen-bond acceptors (Lipinski definition) is 5. The Labute approximate surface area is 103 Å². The Morgan fingerprint density at radius 3 is 2.65 bits per heavy atom. The summed E-state index contributed by atoms with van der Waals surface area (Å²) in [5.41, 5.74) is -0.511. The van der Waals surface area contributed by atoms with E-state index in [0.29, 0.717) is 0 Å². The van der Waals surface area contributed by atoms with E-state index in [1.54, 1.807) is 6.07 Å². The van der Waals surface area contributed by atoms with Gasteiger partial charge in [-0.15, -0.1) is 0 Å². The minimum Gasteiger partial charge on any atom is -0.465 e. The Balaban J connectivity index is 2.72. The smallest absolute Gasteiger partial charge is 0.465 e. The van der Waals surface area contributed by atoms with Crippen molar-refractivity contribution in [3.8, 4) is 5.75 Å². The first-order valence-corrected chi connectivity index (χ1v) is 5.17. The van der Waals surface area contributed by atoms with Crippen LogP contribution in [0, 0.1) is 0 Å². The van der Waals surface area contributed by atoms with Gasteiger partial charge in [0.1, 0.15) is 5.75 Å². The van der Waals surface area contributed by atoms with Crippen molar-refractivity contribution >= 4 is 23.7 Å². The number of halogens is 1. The molecule has 6 heteroatoms. The molecule has 0 radical (unpaired) electrons. The van der Waals surface area contributed by atoms with Crippen molar-refractivity contribution in [3.63, 3.8) is 0 Å². The molecule has 1 aromatic rings. The fourth-order valence-corrected chi connectivity index (χ4v) is 1.13. The van der Waals surface area contributed by atoms with Gasteiger partial charge in [-0.1, -0.05) is 17.7 Å². The van der Waals surface area contributed by atoms with Gasteiger partial charge in [0, 0.05) is 0 Å². The molecule has 0 fully saturated rings. The highest BCUT2D eigenvalue weighted by Crippen LogP contribution is 2.15. The molecule has 1 unspecified atom stereocenters. The third-order valence-corrected chi connectivity index (χ3v) is 1.80. The Hall–Kier alpha value is -1.75. The molecule has 92 valence electrons. The second-order valence-corrected chi connectivity index (χ2v) is 3.65. The molecule has 0 aliphatic rings. The van der Waals surface area contributed by atoms with Crippen LogP contribution < -0.4 is 4.74 Å². The number of esters is 1. The third kappa shape index (κ3) is 4.32. The molecule has 0 amide bonds. The summed E-state index contributed by atoms with van der Waals surface area (Å²) < 4.78 is 13.9. The standard InChI is InChI=1S/C11H11ClO5/c1-7(12)16-11(14)17-9-5-3-4-8(6-9)10(13)15-2/h3-7H,1-2H3. The van der Waals surface area contributed by atoms with Crippen LogP contribution in [0.2, 0.25) is 0 Å². The summed E-state index contributed by atoms with van der Waals surface area (Å²) in [6.45, 7) is 1.48. The van der Waals surface area contributed by atoms with E-state index in [4.69, 9.17) is 16.3 Å². The SMILES string of the molecule is COC(=O)c1cccc(OC(=O)OC(C)Cl)c1. The van der Waals surface area contributed by atoms with Crippen LogP contribution in [0.5, 0.6) is 5.75 Å². The minimum atomic E-state index is -0.936. The average molecular weight is 259 g/mol. The van der Waals surface area contributed by atoms with Gasteiger partial charge in [-0.2, -0.15) is 0 Å². The van der Waals surface area contributed by atoms with Gasteiger partial charge in [0.15, 0.2) is 5.56 Å². The highest BCUT2D eigenvalue weighted by molar-refractivity contribution is 6.19. The topological polar surface area (TPSA) is 61.8 Å². The second-order valence-electron chi connectivity index (χ2n) is 3.03. The number of hydrogen-bond donors (Lipinski definition) is 0. The zero-order valence-corrected chi connectivity index (χ0v) is 10.1. The molecule has 17 heavy (non-hydrogen) atoms. The molecule has 5 nitrogen and oxygen atoms in total. The van der Waals surface area contributed by atoms with E-state index in [2.05, 4.69) is 9.47 Å². The molecule has 1 rings (SSSR count). The van der Waals surface area contributed by atoms with E-state index in [1.807, 2.05) is 0 Å². The van der Waals surface area contributed by atoms with Gasteiger partial charge in [-0.3, -0.25) is 0 Å². The molecule has 0 aliphatic carbocycles. The van der Waals surface area contributed by atoms with Crippen molar-refractivity contribution in [3.05, 3.63) is 29.8 Å². The van der Waals surface area contributed by atoms with Gasteiger partial charge in [-0.25, -0.2) is 9.59 Å². The number of ether oxygens (including phenoxy) is 3. The molecular formula is C11H11ClO5. The normalized spacial score (nSPS) is 11.5. The second kappa shape index (κ2) is 6.10. The molecule has 0 aliphatic heterocycles. The van der Waals surface area contributed by atoms with Crippen LogP contribution in [0.3, 0.4) is 0 Å². The number of methoxy groups -OCH3 is 1. The average Bonchev–Trinajstić information content (AvgIpc) is 2.27. The Bertz CT molecular complexity index is 416. The van der Waals surface area contributed by atoms with Crippen molar-refractivity contribution < 1.29 is 23.8 Å². The van der Waals surface area contributed by atoms with Gasteiger partial charge in [0.05, 0.1) is 12.7 Å². The fourth-order valence-electron chi connectivity index (χ4n) is 1.06. The molecule has 0 saturated carbocycles. The number of carbonyl (C=O) groups is 2. The summed E-state index contributed by atoms with van der Waals surface area (Å²) in [5, 5.41) is 0. The molecule has 1 aromatic carbocycles. The highest BCUT2D eigenvalue weighted by atomic mass is 35.5. The van der Waals surface area contributed by atoms with Crippen LogP contribution in [0.15, 0.2) is 24.3 Å². The van der Waals surface area contributed by atoms with Crippen LogP contribution in [-0.4, -0.2) is 24.8 Å². The Kier molecular flexibility index (Phi) is 4.78. The lowest BCUT2D eigenvalue weighted by Crippen LogP contribution is -2.14. The van der Waals surface area contributed by atoms with E-state index in [-0.39, 0.29) is 11.3 Å². The maximum absolute atomic E-state index is 11.2. The fraction of sp³-hybridized carbons (Fsp3) is 0.273. The van der Waals surface area contributed by atoms with Gasteiger partial charge in [-0.05, 0) is 25.1 Å². The molecule has 0 N–H and O–H groups in total. The number of carbonyl (C=O) groups excluding carboxylic acids is 2. The van der Waals surface area contributed by atoms with Crippen LogP contribution in [0.4, 0.5) is 4.79 Å². The van der Waals surface area contributed by atoms with Crippen molar-refractivity contribution in [1.29, 1.82) is 0 Å². The van der Waals surface area contributed by atoms with E-state index >= 15 is 0 Å². The van der Waals surface area contributed by atoms with Gasteiger partial charge in [0.25, 0.3) is 0 Å². The molecule has 0 aromatic heterocycles. The first kappa shape index (κ1) is 13.3. The van der Waals surface area contributed by atoms with Crippen LogP contribution in [0.25, 0.3) is 0 Å². The lowest BCUT2D eigenvalue weighted by Gasteiger charge is -2.07. The first-order chi connectivity index (χ1) is 8.02. The molecular weight excluding hydrogens is 248 g/mol. The summed E-state index contributed by atoms with van der Waals surface area (Å²) in [6, 6.07) is 5.96. The monoisotopic (exact) mass is 258 g/mol. The molecule has 0 bridgehead atoms. The van der Waals surface area contributed by atoms with E-state index in [0.717, 1.165) is 0 Å². The van der Waals surface area contributed by atoms with Crippen LogP contribution >= 0.6 is 11.6 Å². The van der Waals surface area contributed by atoms with Crippen molar-refractivity contribution in [2.24, 2.45) is 0 Å². The molecule has 0 heterocycles. The lowest BCUT2D eigenvalue weighted by atomic mass is 10.2. The molecule has 1 atom stereocenters. The molecule has 0 saturated heterocycles. The number of alkyl halides is 1. The van der Waals surface area contributed by atoms with Crippen molar-refractivity contribution in [1.82, 2.24) is 0 Å². The summed E-state index contributed by atoms with van der Waals surface area (Å²) >= 11 is 5.45. The summed E-state index contributed by atoms with van der Waals surface area (Å²) in [5.74, 6) is -0.343. The lowest BCUT2D eigenvalue weighted by molar-refractivity contribution is 0.0598. The zero-order valence-electron chi connectivity index (χ0n) is 9.31. The summed E-state index contributed by atoms with van der Waals surface area (Å²) in [7, 11) is 1.26. The quantitative estimate of drug-likeness (QED) is 0.474. The van der Waals surface area contributed by atoms with Gasteiger partial charge in [0.2, 0.25) is 0 Å². The summed E-state index contributed by atoms with van der Waals surface area (Å²) in [6.07, 6.45) is -0.936. The molecule has 0 spiro atoms. The van der Waals surface area contributed by atoms with E-state index in [1.165, 1.54) is 32.2 Å². The minimum absolute atomic E-state index is 0.176. The predicted molar refractivity (Wildman–Crippen MR) is 60.2 cm³/mol. The van der Waals surface area contributed by atoms with E-state index < -0.39 is 17.7 Å². The van der Waals surface area contributed by atoms with Gasteiger partial charge >= 0.3 is 12.1 Å². The third-order valence-electron chi connectivity index (χ3n) is 1.71. The maximum atomic E-state index is 11.2. The Morgan fingerprint density at radius 2 is 2.06 bits per heavy atom. The predicted octanol–water partition coefficient (Wildman–Crippen LogP) is 2.57. The number of benzene rings is 1.